The number of aromatic nitrogens is 1. The lowest BCUT2D eigenvalue weighted by atomic mass is 10.1. The molecule has 10 nitrogen and oxygen atoms in total. The Bertz CT molecular complexity index is 1010. The number of urea groups is 1. The topological polar surface area (TPSA) is 113 Å². The Balaban J connectivity index is 1.49. The molecule has 11 heteroatoms. The number of pyridine rings is 1. The van der Waals surface area contributed by atoms with E-state index in [-0.39, 0.29) is 12.3 Å². The maximum atomic E-state index is 15.0. The van der Waals surface area contributed by atoms with Crippen molar-refractivity contribution >= 4 is 29.5 Å². The molecule has 1 aliphatic heterocycles. The number of hydrogen-bond donors (Lipinski definition) is 2. The van der Waals surface area contributed by atoms with E-state index in [0.717, 1.165) is 5.69 Å². The molecule has 3 amide bonds. The molecule has 0 bridgehead atoms. The highest BCUT2D eigenvalue weighted by Gasteiger charge is 2.24. The summed E-state index contributed by atoms with van der Waals surface area (Å²) in [7, 11) is 0. The predicted molar refractivity (Wildman–Crippen MR) is 123 cm³/mol. The zero-order valence-corrected chi connectivity index (χ0v) is 19.2. The summed E-state index contributed by atoms with van der Waals surface area (Å²) in [5.74, 6) is -1.11. The Labute approximate surface area is 197 Å². The van der Waals surface area contributed by atoms with Gasteiger partial charge in [0.15, 0.2) is 12.4 Å². The maximum Gasteiger partial charge on any atom is 0.410 e. The lowest BCUT2D eigenvalue weighted by Crippen LogP contribution is -2.48. The van der Waals surface area contributed by atoms with Crippen molar-refractivity contribution in [2.45, 2.75) is 20.4 Å². The van der Waals surface area contributed by atoms with E-state index in [2.05, 4.69) is 15.6 Å². The van der Waals surface area contributed by atoms with E-state index < -0.39 is 30.5 Å². The van der Waals surface area contributed by atoms with Gasteiger partial charge in [-0.2, -0.15) is 0 Å². The molecule has 0 atom stereocenters. The molecule has 0 aliphatic carbocycles. The standard InChI is InChI=1S/C23H28FN5O5/c1-3-33-20(30)15-34-23(32)29-11-9-28(10-12-29)14-17-5-4-6-19(21(17)24)27-22(31)26-18-8-7-16(2)25-13-18/h4-8,13H,3,9-12,14-15H2,1-2H3,(H2,26,27,31). The van der Waals surface area contributed by atoms with E-state index in [4.69, 9.17) is 9.47 Å². The molecule has 0 saturated carbocycles. The third-order valence-electron chi connectivity index (χ3n) is 5.14. The number of ether oxygens (including phenoxy) is 2. The molecule has 3 rings (SSSR count). The number of nitrogens with one attached hydrogen (secondary N) is 2. The van der Waals surface area contributed by atoms with Crippen molar-refractivity contribution in [2.24, 2.45) is 0 Å². The first-order valence-electron chi connectivity index (χ1n) is 10.9. The van der Waals surface area contributed by atoms with Crippen LogP contribution >= 0.6 is 0 Å². The second-order valence-corrected chi connectivity index (χ2v) is 7.67. The number of hydrogen-bond acceptors (Lipinski definition) is 7. The number of amides is 3. The van der Waals surface area contributed by atoms with E-state index in [1.54, 1.807) is 31.2 Å². The molecule has 1 aromatic carbocycles. The van der Waals surface area contributed by atoms with Gasteiger partial charge in [0.2, 0.25) is 0 Å². The minimum absolute atomic E-state index is 0.0660. The fraction of sp³-hybridized carbons (Fsp3) is 0.391. The molecule has 182 valence electrons. The number of halogens is 1. The van der Waals surface area contributed by atoms with Crippen LogP contribution in [-0.2, 0) is 20.8 Å². The molecule has 2 heterocycles. The lowest BCUT2D eigenvalue weighted by Gasteiger charge is -2.34. The van der Waals surface area contributed by atoms with Crippen LogP contribution in [0.5, 0.6) is 0 Å². The Morgan fingerprint density at radius 1 is 1.06 bits per heavy atom. The van der Waals surface area contributed by atoms with Crippen LogP contribution in [-0.4, -0.2) is 72.3 Å². The van der Waals surface area contributed by atoms with Crippen LogP contribution in [0.2, 0.25) is 0 Å². The van der Waals surface area contributed by atoms with E-state index in [1.165, 1.54) is 17.2 Å². The predicted octanol–water partition coefficient (Wildman–Crippen LogP) is 2.99. The van der Waals surface area contributed by atoms with Crippen molar-refractivity contribution in [3.63, 3.8) is 0 Å². The van der Waals surface area contributed by atoms with Gasteiger partial charge < -0.3 is 25.0 Å². The molecule has 34 heavy (non-hydrogen) atoms. The van der Waals surface area contributed by atoms with E-state index in [9.17, 15) is 14.4 Å². The molecule has 0 spiro atoms. The quantitative estimate of drug-likeness (QED) is 0.595. The molecule has 0 radical (unpaired) electrons. The summed E-state index contributed by atoms with van der Waals surface area (Å²) in [6, 6.07) is 7.71. The van der Waals surface area contributed by atoms with Crippen molar-refractivity contribution in [1.82, 2.24) is 14.8 Å². The van der Waals surface area contributed by atoms with Crippen LogP contribution < -0.4 is 10.6 Å². The molecule has 2 N–H and O–H groups in total. The fourth-order valence-corrected chi connectivity index (χ4v) is 3.37. The van der Waals surface area contributed by atoms with Gasteiger partial charge in [-0.25, -0.2) is 18.8 Å². The Morgan fingerprint density at radius 2 is 1.82 bits per heavy atom. The van der Waals surface area contributed by atoms with Crippen LogP contribution in [0.4, 0.5) is 25.4 Å². The number of benzene rings is 1. The molecule has 1 aromatic heterocycles. The monoisotopic (exact) mass is 473 g/mol. The summed E-state index contributed by atoms with van der Waals surface area (Å²) in [6.07, 6.45) is 0.938. The smallest absolute Gasteiger partial charge is 0.410 e. The Morgan fingerprint density at radius 3 is 2.50 bits per heavy atom. The van der Waals surface area contributed by atoms with Crippen molar-refractivity contribution in [1.29, 1.82) is 0 Å². The first-order valence-corrected chi connectivity index (χ1v) is 10.9. The van der Waals surface area contributed by atoms with Gasteiger partial charge in [0.1, 0.15) is 0 Å². The number of aryl methyl sites for hydroxylation is 1. The number of piperazine rings is 1. The van der Waals surface area contributed by atoms with Crippen molar-refractivity contribution in [3.8, 4) is 0 Å². The molecule has 1 fully saturated rings. The maximum absolute atomic E-state index is 15.0. The van der Waals surface area contributed by atoms with Crippen molar-refractivity contribution in [2.75, 3.05) is 50.0 Å². The molecule has 0 unspecified atom stereocenters. The SMILES string of the molecule is CCOC(=O)COC(=O)N1CCN(Cc2cccc(NC(=O)Nc3ccc(C)nc3)c2F)CC1. The summed E-state index contributed by atoms with van der Waals surface area (Å²) in [4.78, 5) is 43.2. The fourth-order valence-electron chi connectivity index (χ4n) is 3.37. The molecular weight excluding hydrogens is 445 g/mol. The van der Waals surface area contributed by atoms with Crippen molar-refractivity contribution < 1.29 is 28.2 Å². The number of nitrogens with zero attached hydrogens (tertiary/aromatic N) is 3. The molecular formula is C23H28FN5O5. The molecule has 2 aromatic rings. The van der Waals surface area contributed by atoms with Crippen LogP contribution in [0.25, 0.3) is 0 Å². The average molecular weight is 474 g/mol. The van der Waals surface area contributed by atoms with Gasteiger partial charge in [-0.15, -0.1) is 0 Å². The van der Waals surface area contributed by atoms with Crippen molar-refractivity contribution in [3.05, 3.63) is 53.6 Å². The van der Waals surface area contributed by atoms with Gasteiger partial charge in [0, 0.05) is 44.0 Å². The normalized spacial score (nSPS) is 13.8. The third kappa shape index (κ3) is 7.14. The second kappa shape index (κ2) is 11.9. The van der Waals surface area contributed by atoms with E-state index in [0.29, 0.717) is 44.0 Å². The van der Waals surface area contributed by atoms with Crippen LogP contribution in [0.3, 0.4) is 0 Å². The van der Waals surface area contributed by atoms with Gasteiger partial charge >= 0.3 is 18.1 Å². The van der Waals surface area contributed by atoms with Gasteiger partial charge in [-0.3, -0.25) is 9.88 Å². The summed E-state index contributed by atoms with van der Waals surface area (Å²) in [6.45, 7) is 5.40. The first-order chi connectivity index (χ1) is 16.4. The Kier molecular flexibility index (Phi) is 8.74. The number of esters is 1. The van der Waals surface area contributed by atoms with Gasteiger partial charge in [0.25, 0.3) is 0 Å². The van der Waals surface area contributed by atoms with Crippen LogP contribution in [0.15, 0.2) is 36.5 Å². The lowest BCUT2D eigenvalue weighted by molar-refractivity contribution is -0.146. The summed E-state index contributed by atoms with van der Waals surface area (Å²) in [5.41, 5.74) is 1.81. The largest absolute Gasteiger partial charge is 0.463 e. The summed E-state index contributed by atoms with van der Waals surface area (Å²) >= 11 is 0. The molecule has 1 aliphatic rings. The zero-order chi connectivity index (χ0) is 24.5. The minimum Gasteiger partial charge on any atom is -0.463 e. The van der Waals surface area contributed by atoms with Gasteiger partial charge in [0.05, 0.1) is 24.2 Å². The first kappa shape index (κ1) is 24.9. The van der Waals surface area contributed by atoms with Gasteiger partial charge in [-0.1, -0.05) is 12.1 Å². The highest BCUT2D eigenvalue weighted by atomic mass is 19.1. The summed E-state index contributed by atoms with van der Waals surface area (Å²) < 4.78 is 24.7. The summed E-state index contributed by atoms with van der Waals surface area (Å²) in [5, 5.41) is 5.14. The Hall–Kier alpha value is -3.73. The van der Waals surface area contributed by atoms with Crippen LogP contribution in [0.1, 0.15) is 18.2 Å². The highest BCUT2D eigenvalue weighted by molar-refractivity contribution is 5.99. The van der Waals surface area contributed by atoms with Gasteiger partial charge in [-0.05, 0) is 32.0 Å². The zero-order valence-electron chi connectivity index (χ0n) is 19.2. The minimum atomic E-state index is -0.595. The number of anilines is 2. The highest BCUT2D eigenvalue weighted by Crippen LogP contribution is 2.21. The average Bonchev–Trinajstić information content (AvgIpc) is 2.82. The number of carbonyl (C=O) groups excluding carboxylic acids is 3. The number of carbonyl (C=O) groups is 3. The van der Waals surface area contributed by atoms with Crippen LogP contribution in [0, 0.1) is 12.7 Å². The van der Waals surface area contributed by atoms with E-state index in [1.807, 2.05) is 11.8 Å². The molecule has 1 saturated heterocycles. The second-order valence-electron chi connectivity index (χ2n) is 7.67. The number of rotatable bonds is 7. The third-order valence-corrected chi connectivity index (χ3v) is 5.14. The van der Waals surface area contributed by atoms with E-state index >= 15 is 4.39 Å².